The Morgan fingerprint density at radius 2 is 1.81 bits per heavy atom. The van der Waals surface area contributed by atoms with Gasteiger partial charge >= 0.3 is 0 Å². The summed E-state index contributed by atoms with van der Waals surface area (Å²) in [5.41, 5.74) is 0.588. The van der Waals surface area contributed by atoms with E-state index in [9.17, 15) is 14.4 Å². The molecule has 0 aliphatic carbocycles. The molecule has 0 N–H and O–H groups in total. The van der Waals surface area contributed by atoms with Crippen molar-refractivity contribution in [2.24, 2.45) is 10.9 Å². The van der Waals surface area contributed by atoms with Crippen LogP contribution in [0.5, 0.6) is 0 Å². The standard InChI is InChI=1S/C16H24N2O3/c1-4-12(3)6-7-13(17-5-2)14(19)10-11-18-15(20)8-9-16(18)21/h8-9,12H,4-7,10-11H2,1-3H3. The van der Waals surface area contributed by atoms with Crippen molar-refractivity contribution in [2.45, 2.75) is 46.5 Å². The molecule has 0 aromatic rings. The number of aliphatic imine (C=N–C) groups is 1. The van der Waals surface area contributed by atoms with Crippen LogP contribution < -0.4 is 0 Å². The van der Waals surface area contributed by atoms with Crippen molar-refractivity contribution in [2.75, 3.05) is 13.1 Å². The van der Waals surface area contributed by atoms with Gasteiger partial charge in [-0.1, -0.05) is 20.3 Å². The smallest absolute Gasteiger partial charge is 0.253 e. The normalized spacial score (nSPS) is 16.7. The molecule has 0 saturated carbocycles. The molecule has 2 amide bonds. The Morgan fingerprint density at radius 1 is 1.19 bits per heavy atom. The molecule has 1 atom stereocenters. The third kappa shape index (κ3) is 5.25. The molecule has 1 unspecified atom stereocenters. The fourth-order valence-corrected chi connectivity index (χ4v) is 2.09. The van der Waals surface area contributed by atoms with Crippen LogP contribution in [0.4, 0.5) is 0 Å². The van der Waals surface area contributed by atoms with E-state index in [1.54, 1.807) is 0 Å². The van der Waals surface area contributed by atoms with Crippen LogP contribution in [0.25, 0.3) is 0 Å². The van der Waals surface area contributed by atoms with Crippen molar-refractivity contribution in [1.29, 1.82) is 0 Å². The summed E-state index contributed by atoms with van der Waals surface area (Å²) in [6, 6.07) is 0. The maximum Gasteiger partial charge on any atom is 0.253 e. The highest BCUT2D eigenvalue weighted by Crippen LogP contribution is 2.12. The lowest BCUT2D eigenvalue weighted by atomic mass is 9.98. The lowest BCUT2D eigenvalue weighted by Crippen LogP contribution is -2.33. The monoisotopic (exact) mass is 292 g/mol. The summed E-state index contributed by atoms with van der Waals surface area (Å²) < 4.78 is 0. The maximum absolute atomic E-state index is 12.2. The molecule has 0 aromatic carbocycles. The number of hydrogen-bond acceptors (Lipinski definition) is 4. The number of nitrogens with zero attached hydrogens (tertiary/aromatic N) is 2. The molecule has 1 heterocycles. The molecule has 116 valence electrons. The van der Waals surface area contributed by atoms with Gasteiger partial charge in [0.15, 0.2) is 5.78 Å². The first-order chi connectivity index (χ1) is 9.99. The number of amides is 2. The molecule has 5 nitrogen and oxygen atoms in total. The van der Waals surface area contributed by atoms with Crippen molar-refractivity contribution < 1.29 is 14.4 Å². The van der Waals surface area contributed by atoms with E-state index in [2.05, 4.69) is 18.8 Å². The van der Waals surface area contributed by atoms with Crippen LogP contribution in [-0.4, -0.2) is 41.3 Å². The van der Waals surface area contributed by atoms with Gasteiger partial charge in [0.05, 0.1) is 5.71 Å². The fraction of sp³-hybridized carbons (Fsp3) is 0.625. The van der Waals surface area contributed by atoms with Gasteiger partial charge in [-0.3, -0.25) is 24.3 Å². The number of carbonyl (C=O) groups is 3. The Labute approximate surface area is 126 Å². The summed E-state index contributed by atoms with van der Waals surface area (Å²) in [5, 5.41) is 0. The van der Waals surface area contributed by atoms with E-state index in [0.29, 0.717) is 24.6 Å². The number of carbonyl (C=O) groups excluding carboxylic acids is 3. The SMILES string of the molecule is CCN=C(CCC(C)CC)C(=O)CCN1C(=O)C=CC1=O. The Bertz CT molecular complexity index is 448. The van der Waals surface area contributed by atoms with Gasteiger partial charge in [-0.05, 0) is 25.7 Å². The van der Waals surface area contributed by atoms with Gasteiger partial charge in [0, 0.05) is 31.7 Å². The second-order valence-electron chi connectivity index (χ2n) is 5.31. The molecular formula is C16H24N2O3. The predicted octanol–water partition coefficient (Wildman–Crippen LogP) is 2.16. The van der Waals surface area contributed by atoms with Gasteiger partial charge in [-0.25, -0.2) is 0 Å². The van der Waals surface area contributed by atoms with Crippen molar-refractivity contribution in [1.82, 2.24) is 4.90 Å². The summed E-state index contributed by atoms with van der Waals surface area (Å²) in [7, 11) is 0. The third-order valence-corrected chi connectivity index (χ3v) is 3.70. The van der Waals surface area contributed by atoms with E-state index in [4.69, 9.17) is 0 Å². The first-order valence-corrected chi connectivity index (χ1v) is 7.59. The van der Waals surface area contributed by atoms with Crippen LogP contribution >= 0.6 is 0 Å². The minimum Gasteiger partial charge on any atom is -0.293 e. The summed E-state index contributed by atoms with van der Waals surface area (Å²) in [6.07, 6.45) is 5.30. The molecule has 1 aliphatic heterocycles. The van der Waals surface area contributed by atoms with Crippen molar-refractivity contribution >= 4 is 23.3 Å². The number of imide groups is 1. The van der Waals surface area contributed by atoms with Crippen LogP contribution in [0.15, 0.2) is 17.1 Å². The average molecular weight is 292 g/mol. The second kappa shape index (κ2) is 8.49. The van der Waals surface area contributed by atoms with E-state index in [1.807, 2.05) is 6.92 Å². The van der Waals surface area contributed by atoms with Gasteiger partial charge in [-0.2, -0.15) is 0 Å². The number of ketones is 1. The molecule has 1 aliphatic rings. The summed E-state index contributed by atoms with van der Waals surface area (Å²) in [5.74, 6) is -0.193. The summed E-state index contributed by atoms with van der Waals surface area (Å²) in [4.78, 5) is 40.4. The zero-order valence-corrected chi connectivity index (χ0v) is 13.1. The molecule has 0 aromatic heterocycles. The van der Waals surface area contributed by atoms with E-state index in [0.717, 1.165) is 17.7 Å². The van der Waals surface area contributed by atoms with Gasteiger partial charge in [0.2, 0.25) is 0 Å². The highest BCUT2D eigenvalue weighted by molar-refractivity contribution is 6.40. The second-order valence-corrected chi connectivity index (χ2v) is 5.31. The number of rotatable bonds is 9. The van der Waals surface area contributed by atoms with Crippen LogP contribution in [0.3, 0.4) is 0 Å². The molecule has 0 spiro atoms. The molecule has 21 heavy (non-hydrogen) atoms. The van der Waals surface area contributed by atoms with Gasteiger partial charge in [0.25, 0.3) is 11.8 Å². The molecule has 0 radical (unpaired) electrons. The highest BCUT2D eigenvalue weighted by Gasteiger charge is 2.24. The lowest BCUT2D eigenvalue weighted by Gasteiger charge is -2.14. The average Bonchev–Trinajstić information content (AvgIpc) is 2.79. The summed E-state index contributed by atoms with van der Waals surface area (Å²) >= 11 is 0. The van der Waals surface area contributed by atoms with Crippen LogP contribution in [0.2, 0.25) is 0 Å². The van der Waals surface area contributed by atoms with Crippen molar-refractivity contribution in [3.63, 3.8) is 0 Å². The largest absolute Gasteiger partial charge is 0.293 e. The molecular weight excluding hydrogens is 268 g/mol. The van der Waals surface area contributed by atoms with E-state index in [-0.39, 0.29) is 30.6 Å². The van der Waals surface area contributed by atoms with Gasteiger partial charge in [0.1, 0.15) is 0 Å². The number of hydrogen-bond donors (Lipinski definition) is 0. The Morgan fingerprint density at radius 3 is 2.33 bits per heavy atom. The third-order valence-electron chi connectivity index (χ3n) is 3.70. The minimum atomic E-state index is -0.346. The zero-order chi connectivity index (χ0) is 15.8. The molecule has 1 rings (SSSR count). The maximum atomic E-state index is 12.2. The van der Waals surface area contributed by atoms with Crippen molar-refractivity contribution in [3.8, 4) is 0 Å². The Balaban J connectivity index is 2.52. The van der Waals surface area contributed by atoms with Crippen LogP contribution in [0, 0.1) is 5.92 Å². The minimum absolute atomic E-state index is 0.0624. The van der Waals surface area contributed by atoms with Crippen LogP contribution in [-0.2, 0) is 14.4 Å². The van der Waals surface area contributed by atoms with E-state index >= 15 is 0 Å². The molecule has 0 saturated heterocycles. The highest BCUT2D eigenvalue weighted by atomic mass is 16.2. The fourth-order valence-electron chi connectivity index (χ4n) is 2.09. The summed E-state index contributed by atoms with van der Waals surface area (Å²) in [6.45, 7) is 6.89. The van der Waals surface area contributed by atoms with Gasteiger partial charge in [-0.15, -0.1) is 0 Å². The first-order valence-electron chi connectivity index (χ1n) is 7.59. The Kier molecular flexibility index (Phi) is 6.99. The molecule has 5 heteroatoms. The zero-order valence-electron chi connectivity index (χ0n) is 13.1. The first kappa shape index (κ1) is 17.3. The number of Topliss-reactive ketones (excluding diaryl/α,β-unsaturated/α-hetero) is 1. The molecule has 0 fully saturated rings. The predicted molar refractivity (Wildman–Crippen MR) is 82.1 cm³/mol. The quantitative estimate of drug-likeness (QED) is 0.483. The van der Waals surface area contributed by atoms with Crippen molar-refractivity contribution in [3.05, 3.63) is 12.2 Å². The van der Waals surface area contributed by atoms with Gasteiger partial charge < -0.3 is 0 Å². The van der Waals surface area contributed by atoms with Crippen LogP contribution in [0.1, 0.15) is 46.5 Å². The lowest BCUT2D eigenvalue weighted by molar-refractivity contribution is -0.136. The Hall–Kier alpha value is -1.78. The van der Waals surface area contributed by atoms with E-state index < -0.39 is 0 Å². The molecule has 0 bridgehead atoms. The topological polar surface area (TPSA) is 66.8 Å². The van der Waals surface area contributed by atoms with E-state index in [1.165, 1.54) is 12.2 Å².